The van der Waals surface area contributed by atoms with Crippen LogP contribution in [-0.2, 0) is 27.7 Å². The van der Waals surface area contributed by atoms with Crippen molar-refractivity contribution >= 4 is 26.7 Å². The van der Waals surface area contributed by atoms with Crippen molar-refractivity contribution in [3.8, 4) is 5.75 Å². The Labute approximate surface area is 185 Å². The zero-order chi connectivity index (χ0) is 22.9. The van der Waals surface area contributed by atoms with Crippen molar-refractivity contribution in [1.82, 2.24) is 0 Å². The maximum Gasteiger partial charge on any atom is 0.705 e. The molecule has 1 aliphatic rings. The quantitative estimate of drug-likeness (QED) is 0.375. The summed E-state index contributed by atoms with van der Waals surface area (Å²) >= 11 is 0. The summed E-state index contributed by atoms with van der Waals surface area (Å²) in [4.78, 5) is 34.4. The van der Waals surface area contributed by atoms with Crippen molar-refractivity contribution in [3.05, 3.63) is 29.8 Å². The second kappa shape index (κ2) is 11.9. The molecule has 1 aromatic carbocycles. The van der Waals surface area contributed by atoms with E-state index in [4.69, 9.17) is 18.0 Å². The summed E-state index contributed by atoms with van der Waals surface area (Å²) < 4.78 is 21.3. The fourth-order valence-corrected chi connectivity index (χ4v) is 6.41. The molecule has 0 unspecified atom stereocenters. The van der Waals surface area contributed by atoms with E-state index in [-0.39, 0.29) is 6.04 Å². The Balaban J connectivity index is 1.88. The Morgan fingerprint density at radius 3 is 1.84 bits per heavy atom. The third kappa shape index (κ3) is 8.36. The minimum atomic E-state index is -3.79. The van der Waals surface area contributed by atoms with Gasteiger partial charge in [0.25, 0.3) is 17.9 Å². The molecule has 0 aromatic heterocycles. The summed E-state index contributed by atoms with van der Waals surface area (Å²) in [6, 6.07) is 8.29. The van der Waals surface area contributed by atoms with Crippen LogP contribution in [-0.4, -0.2) is 33.3 Å². The maximum absolute atomic E-state index is 11.5. The Bertz CT molecular complexity index is 698. The summed E-state index contributed by atoms with van der Waals surface area (Å²) in [5, 5.41) is 0. The molecule has 31 heavy (non-hydrogen) atoms. The smallest absolute Gasteiger partial charge is 0.494 e. The van der Waals surface area contributed by atoms with Crippen LogP contribution in [0.4, 0.5) is 0 Å². The van der Waals surface area contributed by atoms with Gasteiger partial charge in [0.2, 0.25) is 0 Å². The lowest BCUT2D eigenvalue weighted by atomic mass is 9.78. The summed E-state index contributed by atoms with van der Waals surface area (Å²) in [7, 11) is -3.79. The van der Waals surface area contributed by atoms with Gasteiger partial charge in [-0.05, 0) is 61.6 Å². The predicted octanol–water partition coefficient (Wildman–Crippen LogP) is 4.77. The van der Waals surface area contributed by atoms with Gasteiger partial charge in [0.1, 0.15) is 5.75 Å². The molecule has 172 valence electrons. The number of benzene rings is 1. The highest BCUT2D eigenvalue weighted by Crippen LogP contribution is 2.37. The SMILES string of the molecule is CCC1CCC(c2ccc(OCCC[Si](OC(C)=O)(OC(C)=O)OC(C)=O)cc2)CC1. The zero-order valence-corrected chi connectivity index (χ0v) is 20.0. The first kappa shape index (κ1) is 24.9. The Morgan fingerprint density at radius 2 is 1.39 bits per heavy atom. The van der Waals surface area contributed by atoms with Gasteiger partial charge in [0.15, 0.2) is 0 Å². The molecule has 0 radical (unpaired) electrons. The predicted molar refractivity (Wildman–Crippen MR) is 117 cm³/mol. The van der Waals surface area contributed by atoms with E-state index >= 15 is 0 Å². The Kier molecular flexibility index (Phi) is 9.55. The van der Waals surface area contributed by atoms with E-state index in [1.54, 1.807) is 0 Å². The fraction of sp³-hybridized carbons (Fsp3) is 0.609. The molecule has 0 spiro atoms. The molecular formula is C23H34O7Si. The lowest BCUT2D eigenvalue weighted by Gasteiger charge is -2.28. The average Bonchev–Trinajstić information content (AvgIpc) is 2.70. The van der Waals surface area contributed by atoms with Crippen molar-refractivity contribution in [3.63, 3.8) is 0 Å². The largest absolute Gasteiger partial charge is 0.705 e. The van der Waals surface area contributed by atoms with Crippen molar-refractivity contribution in [2.75, 3.05) is 6.61 Å². The van der Waals surface area contributed by atoms with Gasteiger partial charge in [-0.15, -0.1) is 0 Å². The number of carbonyl (C=O) groups is 3. The van der Waals surface area contributed by atoms with E-state index in [1.165, 1.54) is 58.4 Å². The number of ether oxygens (including phenoxy) is 1. The van der Waals surface area contributed by atoms with Crippen molar-refractivity contribution in [1.29, 1.82) is 0 Å². The minimum absolute atomic E-state index is 0.102. The first-order valence-electron chi connectivity index (χ1n) is 11.0. The van der Waals surface area contributed by atoms with Crippen LogP contribution < -0.4 is 4.74 Å². The average molecular weight is 451 g/mol. The van der Waals surface area contributed by atoms with E-state index in [0.717, 1.165) is 11.7 Å². The second-order valence-corrected chi connectivity index (χ2v) is 10.6. The molecule has 1 aliphatic carbocycles. The van der Waals surface area contributed by atoms with E-state index in [0.29, 0.717) is 18.9 Å². The van der Waals surface area contributed by atoms with E-state index in [9.17, 15) is 14.4 Å². The first-order chi connectivity index (χ1) is 14.7. The van der Waals surface area contributed by atoms with Gasteiger partial charge in [0, 0.05) is 20.8 Å². The normalized spacial score (nSPS) is 18.7. The molecule has 0 N–H and O–H groups in total. The van der Waals surface area contributed by atoms with Crippen molar-refractivity contribution in [2.24, 2.45) is 5.92 Å². The Hall–Kier alpha value is -2.35. The third-order valence-corrected chi connectivity index (χ3v) is 8.33. The molecule has 1 aromatic rings. The van der Waals surface area contributed by atoms with E-state index in [1.807, 2.05) is 12.1 Å². The van der Waals surface area contributed by atoms with Gasteiger partial charge < -0.3 is 18.0 Å². The molecule has 8 heteroatoms. The lowest BCUT2D eigenvalue weighted by molar-refractivity contribution is -0.147. The lowest BCUT2D eigenvalue weighted by Crippen LogP contribution is -2.49. The summed E-state index contributed by atoms with van der Waals surface area (Å²) in [5.41, 5.74) is 1.35. The topological polar surface area (TPSA) is 88.1 Å². The van der Waals surface area contributed by atoms with E-state index in [2.05, 4.69) is 19.1 Å². The van der Waals surface area contributed by atoms with E-state index < -0.39 is 26.7 Å². The standard InChI is InChI=1S/C23H34O7Si/c1-5-20-7-9-21(10-8-20)22-11-13-23(14-12-22)27-15-6-16-31(28-17(2)24,29-18(3)25)30-19(4)26/h11-14,20-21H,5-10,15-16H2,1-4H3. The molecule has 1 saturated carbocycles. The maximum atomic E-state index is 11.5. The molecule has 0 amide bonds. The monoisotopic (exact) mass is 450 g/mol. The van der Waals surface area contributed by atoms with Crippen LogP contribution in [0.15, 0.2) is 24.3 Å². The molecule has 0 aliphatic heterocycles. The number of hydrogen-bond acceptors (Lipinski definition) is 7. The fourth-order valence-electron chi connectivity index (χ4n) is 4.09. The second-order valence-electron chi connectivity index (χ2n) is 8.11. The van der Waals surface area contributed by atoms with Crippen LogP contribution in [0.5, 0.6) is 5.75 Å². The van der Waals surface area contributed by atoms with Crippen LogP contribution in [0, 0.1) is 5.92 Å². The summed E-state index contributed by atoms with van der Waals surface area (Å²) in [6.45, 7) is 6.12. The van der Waals surface area contributed by atoms with Gasteiger partial charge in [-0.3, -0.25) is 14.4 Å². The molecule has 0 saturated heterocycles. The van der Waals surface area contributed by atoms with Gasteiger partial charge in [-0.2, -0.15) is 0 Å². The van der Waals surface area contributed by atoms with Crippen LogP contribution in [0.3, 0.4) is 0 Å². The van der Waals surface area contributed by atoms with Gasteiger partial charge in [0.05, 0.1) is 12.7 Å². The highest BCUT2D eigenvalue weighted by molar-refractivity contribution is 6.65. The number of hydrogen-bond donors (Lipinski definition) is 0. The van der Waals surface area contributed by atoms with Crippen LogP contribution >= 0.6 is 0 Å². The minimum Gasteiger partial charge on any atom is -0.494 e. The highest BCUT2D eigenvalue weighted by atomic mass is 28.4. The zero-order valence-electron chi connectivity index (χ0n) is 19.0. The van der Waals surface area contributed by atoms with Gasteiger partial charge >= 0.3 is 8.80 Å². The molecule has 0 atom stereocenters. The van der Waals surface area contributed by atoms with Gasteiger partial charge in [-0.25, -0.2) is 0 Å². The van der Waals surface area contributed by atoms with Crippen LogP contribution in [0.1, 0.15) is 77.7 Å². The molecular weight excluding hydrogens is 416 g/mol. The Morgan fingerprint density at radius 1 is 0.871 bits per heavy atom. The molecule has 2 rings (SSSR count). The van der Waals surface area contributed by atoms with Crippen molar-refractivity contribution < 1.29 is 32.4 Å². The van der Waals surface area contributed by atoms with Crippen LogP contribution in [0.25, 0.3) is 0 Å². The molecule has 7 nitrogen and oxygen atoms in total. The van der Waals surface area contributed by atoms with Gasteiger partial charge in [-0.1, -0.05) is 25.5 Å². The third-order valence-electron chi connectivity index (χ3n) is 5.57. The number of rotatable bonds is 10. The van der Waals surface area contributed by atoms with Crippen LogP contribution in [0.2, 0.25) is 6.04 Å². The molecule has 0 heterocycles. The van der Waals surface area contributed by atoms with Crippen molar-refractivity contribution in [2.45, 2.75) is 78.2 Å². The summed E-state index contributed by atoms with van der Waals surface area (Å²) in [5.74, 6) is 0.238. The molecule has 1 fully saturated rings. The summed E-state index contributed by atoms with van der Waals surface area (Å²) in [6.07, 6.45) is 6.76. The first-order valence-corrected chi connectivity index (χ1v) is 13.0. The number of carbonyl (C=O) groups excluding carboxylic acids is 3. The highest BCUT2D eigenvalue weighted by Gasteiger charge is 2.51. The molecule has 0 bridgehead atoms.